The molecule has 0 aliphatic heterocycles. The fourth-order valence-electron chi connectivity index (χ4n) is 1.79. The lowest BCUT2D eigenvalue weighted by Gasteiger charge is -2.04. The van der Waals surface area contributed by atoms with Gasteiger partial charge in [-0.05, 0) is 30.7 Å². The Morgan fingerprint density at radius 3 is 2.48 bits per heavy atom. The molecule has 114 valence electrons. The number of sulfonamides is 1. The van der Waals surface area contributed by atoms with Gasteiger partial charge in [0.05, 0.1) is 4.90 Å². The van der Waals surface area contributed by atoms with Crippen molar-refractivity contribution in [2.24, 2.45) is 12.2 Å². The van der Waals surface area contributed by atoms with Crippen LogP contribution in [0.3, 0.4) is 0 Å². The van der Waals surface area contributed by atoms with Gasteiger partial charge in [0.2, 0.25) is 10.0 Å². The summed E-state index contributed by atoms with van der Waals surface area (Å²) in [5, 5.41) is 14.3. The van der Waals surface area contributed by atoms with Crippen LogP contribution in [0.5, 0.6) is 0 Å². The molecular formula is C13H18N4O2S2. The first-order chi connectivity index (χ1) is 9.93. The van der Waals surface area contributed by atoms with Crippen molar-refractivity contribution in [1.29, 1.82) is 0 Å². The molecule has 0 saturated heterocycles. The maximum atomic E-state index is 11.2. The summed E-state index contributed by atoms with van der Waals surface area (Å²) in [6.45, 7) is 2.15. The number of benzene rings is 1. The average molecular weight is 326 g/mol. The maximum absolute atomic E-state index is 11.2. The number of primary sulfonamides is 1. The van der Waals surface area contributed by atoms with Crippen molar-refractivity contribution in [3.8, 4) is 11.4 Å². The van der Waals surface area contributed by atoms with Crippen molar-refractivity contribution >= 4 is 21.8 Å². The van der Waals surface area contributed by atoms with Gasteiger partial charge >= 0.3 is 0 Å². The molecule has 0 atom stereocenters. The first kappa shape index (κ1) is 16.0. The van der Waals surface area contributed by atoms with Crippen LogP contribution in [-0.4, -0.2) is 28.9 Å². The fraction of sp³-hybridized carbons (Fsp3) is 0.385. The van der Waals surface area contributed by atoms with Gasteiger partial charge in [0.1, 0.15) is 0 Å². The highest BCUT2D eigenvalue weighted by atomic mass is 32.2. The molecule has 1 aromatic carbocycles. The molecule has 0 bridgehead atoms. The van der Waals surface area contributed by atoms with Gasteiger partial charge in [-0.1, -0.05) is 25.1 Å². The van der Waals surface area contributed by atoms with Crippen LogP contribution in [0, 0.1) is 0 Å². The molecule has 0 fully saturated rings. The van der Waals surface area contributed by atoms with E-state index in [1.54, 1.807) is 23.9 Å². The zero-order valence-electron chi connectivity index (χ0n) is 12.0. The van der Waals surface area contributed by atoms with Crippen LogP contribution in [0.25, 0.3) is 11.4 Å². The lowest BCUT2D eigenvalue weighted by atomic mass is 10.2. The molecule has 0 amide bonds. The predicted octanol–water partition coefficient (Wildman–Crippen LogP) is 2.02. The Hall–Kier alpha value is -1.38. The van der Waals surface area contributed by atoms with Crippen molar-refractivity contribution in [1.82, 2.24) is 14.8 Å². The highest BCUT2D eigenvalue weighted by Gasteiger charge is 2.12. The van der Waals surface area contributed by atoms with E-state index in [1.807, 2.05) is 11.6 Å². The lowest BCUT2D eigenvalue weighted by Crippen LogP contribution is -2.11. The van der Waals surface area contributed by atoms with Gasteiger partial charge in [-0.15, -0.1) is 10.2 Å². The van der Waals surface area contributed by atoms with Crippen LogP contribution < -0.4 is 5.14 Å². The molecule has 21 heavy (non-hydrogen) atoms. The Labute approximate surface area is 128 Å². The van der Waals surface area contributed by atoms with E-state index in [0.29, 0.717) is 5.82 Å². The van der Waals surface area contributed by atoms with Crippen LogP contribution >= 0.6 is 11.8 Å². The minimum Gasteiger partial charge on any atom is -0.305 e. The first-order valence-corrected chi connectivity index (χ1v) is 9.12. The van der Waals surface area contributed by atoms with E-state index in [-0.39, 0.29) is 4.90 Å². The maximum Gasteiger partial charge on any atom is 0.238 e. The molecule has 0 radical (unpaired) electrons. The molecule has 2 aromatic rings. The van der Waals surface area contributed by atoms with Gasteiger partial charge in [-0.2, -0.15) is 0 Å². The van der Waals surface area contributed by atoms with Crippen molar-refractivity contribution in [2.45, 2.75) is 29.8 Å². The monoisotopic (exact) mass is 326 g/mol. The largest absolute Gasteiger partial charge is 0.305 e. The summed E-state index contributed by atoms with van der Waals surface area (Å²) in [5.74, 6) is 1.71. The highest BCUT2D eigenvalue weighted by Crippen LogP contribution is 2.24. The molecule has 0 saturated carbocycles. The second kappa shape index (κ2) is 6.59. The normalized spacial score (nSPS) is 11.8. The Bertz CT molecular complexity index is 708. The van der Waals surface area contributed by atoms with Gasteiger partial charge in [-0.25, -0.2) is 13.6 Å². The molecule has 0 aliphatic carbocycles. The minimum atomic E-state index is -3.67. The first-order valence-electron chi connectivity index (χ1n) is 6.59. The summed E-state index contributed by atoms with van der Waals surface area (Å²) in [5.41, 5.74) is 0.805. The molecular weight excluding hydrogens is 308 g/mol. The third kappa shape index (κ3) is 3.84. The molecule has 2 N–H and O–H groups in total. The number of thioether (sulfide) groups is 1. The van der Waals surface area contributed by atoms with Crippen molar-refractivity contribution in [3.05, 3.63) is 24.3 Å². The third-order valence-corrected chi connectivity index (χ3v) is 5.04. The van der Waals surface area contributed by atoms with E-state index in [1.165, 1.54) is 12.1 Å². The van der Waals surface area contributed by atoms with E-state index in [4.69, 9.17) is 5.14 Å². The summed E-state index contributed by atoms with van der Waals surface area (Å²) < 4.78 is 24.4. The lowest BCUT2D eigenvalue weighted by molar-refractivity contribution is 0.598. The molecule has 1 aromatic heterocycles. The summed E-state index contributed by atoms with van der Waals surface area (Å²) in [6.07, 6.45) is 2.28. The smallest absolute Gasteiger partial charge is 0.238 e. The SMILES string of the molecule is CCCCSc1nnc(-c2ccc(S(N)(=O)=O)cc2)n1C. The van der Waals surface area contributed by atoms with Crippen LogP contribution in [0.15, 0.2) is 34.3 Å². The number of hydrogen-bond acceptors (Lipinski definition) is 5. The fourth-order valence-corrected chi connectivity index (χ4v) is 3.30. The van der Waals surface area contributed by atoms with Crippen LogP contribution in [0.4, 0.5) is 0 Å². The molecule has 6 nitrogen and oxygen atoms in total. The summed E-state index contributed by atoms with van der Waals surface area (Å²) >= 11 is 1.67. The van der Waals surface area contributed by atoms with Gasteiger partial charge < -0.3 is 4.57 Å². The van der Waals surface area contributed by atoms with E-state index in [9.17, 15) is 8.42 Å². The number of rotatable bonds is 6. The van der Waals surface area contributed by atoms with Gasteiger partial charge in [0, 0.05) is 18.4 Å². The van der Waals surface area contributed by atoms with Crippen molar-refractivity contribution in [2.75, 3.05) is 5.75 Å². The average Bonchev–Trinajstić information content (AvgIpc) is 2.80. The summed E-state index contributed by atoms with van der Waals surface area (Å²) in [7, 11) is -1.77. The van der Waals surface area contributed by atoms with E-state index in [0.717, 1.165) is 29.3 Å². The zero-order chi connectivity index (χ0) is 15.5. The highest BCUT2D eigenvalue weighted by molar-refractivity contribution is 7.99. The topological polar surface area (TPSA) is 90.9 Å². The Morgan fingerprint density at radius 1 is 1.24 bits per heavy atom. The molecule has 0 spiro atoms. The van der Waals surface area contributed by atoms with Gasteiger partial charge in [0.25, 0.3) is 0 Å². The molecule has 0 aliphatic rings. The van der Waals surface area contributed by atoms with Crippen LogP contribution in [0.1, 0.15) is 19.8 Å². The Kier molecular flexibility index (Phi) is 5.02. The number of hydrogen-bond donors (Lipinski definition) is 1. The third-order valence-electron chi connectivity index (χ3n) is 3.01. The van der Waals surface area contributed by atoms with Crippen LogP contribution in [-0.2, 0) is 17.1 Å². The number of aromatic nitrogens is 3. The standard InChI is InChI=1S/C13H18N4O2S2/c1-3-4-9-20-13-16-15-12(17(13)2)10-5-7-11(8-6-10)21(14,18)19/h5-8H,3-4,9H2,1-2H3,(H2,14,18,19). The molecule has 0 unspecified atom stereocenters. The molecule has 2 rings (SSSR count). The van der Waals surface area contributed by atoms with Crippen LogP contribution in [0.2, 0.25) is 0 Å². The van der Waals surface area contributed by atoms with Crippen molar-refractivity contribution in [3.63, 3.8) is 0 Å². The second-order valence-corrected chi connectivity index (χ2v) is 7.26. The minimum absolute atomic E-state index is 0.0889. The van der Waals surface area contributed by atoms with Gasteiger partial charge in [0.15, 0.2) is 11.0 Å². The molecule has 1 heterocycles. The number of unbranched alkanes of at least 4 members (excludes halogenated alkanes) is 1. The number of nitrogens with zero attached hydrogens (tertiary/aromatic N) is 3. The van der Waals surface area contributed by atoms with Crippen molar-refractivity contribution < 1.29 is 8.42 Å². The second-order valence-electron chi connectivity index (χ2n) is 4.64. The van der Waals surface area contributed by atoms with E-state index >= 15 is 0 Å². The molecule has 8 heteroatoms. The predicted molar refractivity (Wildman–Crippen MR) is 83.4 cm³/mol. The quantitative estimate of drug-likeness (QED) is 0.648. The van der Waals surface area contributed by atoms with Gasteiger partial charge in [-0.3, -0.25) is 0 Å². The Morgan fingerprint density at radius 2 is 1.90 bits per heavy atom. The zero-order valence-corrected chi connectivity index (χ0v) is 13.6. The van der Waals surface area contributed by atoms with E-state index in [2.05, 4.69) is 17.1 Å². The summed E-state index contributed by atoms with van der Waals surface area (Å²) in [4.78, 5) is 0.0889. The Balaban J connectivity index is 2.23. The summed E-state index contributed by atoms with van der Waals surface area (Å²) in [6, 6.07) is 6.32. The number of nitrogens with two attached hydrogens (primary N) is 1. The van der Waals surface area contributed by atoms with E-state index < -0.39 is 10.0 Å².